The van der Waals surface area contributed by atoms with E-state index in [2.05, 4.69) is 64.9 Å². The highest BCUT2D eigenvalue weighted by Gasteiger charge is 2.08. The lowest BCUT2D eigenvalue weighted by Crippen LogP contribution is -2.03. The van der Waals surface area contributed by atoms with Gasteiger partial charge in [-0.05, 0) is 17.7 Å². The van der Waals surface area contributed by atoms with Crippen molar-refractivity contribution in [3.63, 3.8) is 0 Å². The van der Waals surface area contributed by atoms with Crippen molar-refractivity contribution in [2.45, 2.75) is 25.7 Å². The van der Waals surface area contributed by atoms with Crippen LogP contribution in [0.4, 0.5) is 0 Å². The number of benzene rings is 1. The summed E-state index contributed by atoms with van der Waals surface area (Å²) < 4.78 is 0. The van der Waals surface area contributed by atoms with Crippen LogP contribution in [0.25, 0.3) is 0 Å². The van der Waals surface area contributed by atoms with E-state index in [0.29, 0.717) is 5.92 Å². The molecular formula is C13H19BrS. The molecule has 0 nitrogen and oxygen atoms in total. The molecule has 15 heavy (non-hydrogen) atoms. The summed E-state index contributed by atoms with van der Waals surface area (Å²) in [6, 6.07) is 10.8. The Labute approximate surface area is 106 Å². The highest BCUT2D eigenvalue weighted by atomic mass is 79.9. The van der Waals surface area contributed by atoms with E-state index in [4.69, 9.17) is 0 Å². The van der Waals surface area contributed by atoms with Gasteiger partial charge in [-0.15, -0.1) is 0 Å². The van der Waals surface area contributed by atoms with Crippen LogP contribution in [0.1, 0.15) is 31.2 Å². The third kappa shape index (κ3) is 5.07. The molecule has 0 N–H and O–H groups in total. The summed E-state index contributed by atoms with van der Waals surface area (Å²) in [6.07, 6.45) is 2.64. The SMILES string of the molecule is CCCCSCC(CBr)c1ccccc1. The molecule has 2 heteroatoms. The van der Waals surface area contributed by atoms with Crippen LogP contribution in [0, 0.1) is 0 Å². The molecule has 1 aromatic rings. The fraction of sp³-hybridized carbons (Fsp3) is 0.538. The summed E-state index contributed by atoms with van der Waals surface area (Å²) in [4.78, 5) is 0. The maximum atomic E-state index is 3.61. The van der Waals surface area contributed by atoms with Crippen molar-refractivity contribution in [1.82, 2.24) is 0 Å². The Morgan fingerprint density at radius 1 is 1.27 bits per heavy atom. The summed E-state index contributed by atoms with van der Waals surface area (Å²) in [7, 11) is 0. The highest BCUT2D eigenvalue weighted by Crippen LogP contribution is 2.23. The van der Waals surface area contributed by atoms with E-state index >= 15 is 0 Å². The van der Waals surface area contributed by atoms with Crippen LogP contribution in [0.15, 0.2) is 30.3 Å². The van der Waals surface area contributed by atoms with Gasteiger partial charge in [-0.2, -0.15) is 11.8 Å². The molecule has 0 saturated carbocycles. The Balaban J connectivity index is 2.36. The molecule has 0 aliphatic rings. The maximum absolute atomic E-state index is 3.61. The monoisotopic (exact) mass is 286 g/mol. The first-order chi connectivity index (χ1) is 7.38. The van der Waals surface area contributed by atoms with Crippen LogP contribution in [0.5, 0.6) is 0 Å². The molecule has 0 amide bonds. The Bertz CT molecular complexity index is 248. The van der Waals surface area contributed by atoms with Gasteiger partial charge in [0.15, 0.2) is 0 Å². The van der Waals surface area contributed by atoms with Gasteiger partial charge in [-0.3, -0.25) is 0 Å². The van der Waals surface area contributed by atoms with Crippen LogP contribution in [0.2, 0.25) is 0 Å². The molecule has 0 aliphatic carbocycles. The largest absolute Gasteiger partial charge is 0.161 e. The van der Waals surface area contributed by atoms with E-state index in [0.717, 1.165) is 5.33 Å². The van der Waals surface area contributed by atoms with E-state index < -0.39 is 0 Å². The first kappa shape index (κ1) is 13.1. The van der Waals surface area contributed by atoms with E-state index in [1.54, 1.807) is 0 Å². The quantitative estimate of drug-likeness (QED) is 0.517. The third-order valence-corrected chi connectivity index (χ3v) is 4.42. The van der Waals surface area contributed by atoms with Gasteiger partial charge in [0.2, 0.25) is 0 Å². The molecule has 0 fully saturated rings. The van der Waals surface area contributed by atoms with E-state index in [9.17, 15) is 0 Å². The molecule has 84 valence electrons. The zero-order valence-electron chi connectivity index (χ0n) is 9.29. The Morgan fingerprint density at radius 2 is 2.00 bits per heavy atom. The molecule has 1 aromatic carbocycles. The summed E-state index contributed by atoms with van der Waals surface area (Å²) in [5.41, 5.74) is 1.46. The Morgan fingerprint density at radius 3 is 2.60 bits per heavy atom. The lowest BCUT2D eigenvalue weighted by molar-refractivity contribution is 0.879. The van der Waals surface area contributed by atoms with Crippen molar-refractivity contribution in [2.75, 3.05) is 16.8 Å². The molecule has 0 radical (unpaired) electrons. The van der Waals surface area contributed by atoms with Crippen LogP contribution < -0.4 is 0 Å². The lowest BCUT2D eigenvalue weighted by Gasteiger charge is -2.13. The van der Waals surface area contributed by atoms with Gasteiger partial charge in [0, 0.05) is 17.0 Å². The number of thioether (sulfide) groups is 1. The fourth-order valence-corrected chi connectivity index (χ4v) is 3.59. The van der Waals surface area contributed by atoms with Gasteiger partial charge in [0.25, 0.3) is 0 Å². The second-order valence-corrected chi connectivity index (χ2v) is 5.49. The molecular weight excluding hydrogens is 268 g/mol. The normalized spacial score (nSPS) is 12.7. The van der Waals surface area contributed by atoms with Crippen LogP contribution in [-0.4, -0.2) is 16.8 Å². The summed E-state index contributed by atoms with van der Waals surface area (Å²) in [5, 5.41) is 1.07. The number of halogens is 1. The molecule has 0 heterocycles. The Hall–Kier alpha value is 0.0500. The first-order valence-corrected chi connectivity index (χ1v) is 7.84. The van der Waals surface area contributed by atoms with Crippen molar-refractivity contribution < 1.29 is 0 Å². The van der Waals surface area contributed by atoms with Crippen molar-refractivity contribution >= 4 is 27.7 Å². The molecule has 0 saturated heterocycles. The molecule has 1 rings (SSSR count). The van der Waals surface area contributed by atoms with Gasteiger partial charge in [0.1, 0.15) is 0 Å². The van der Waals surface area contributed by atoms with Crippen molar-refractivity contribution in [3.05, 3.63) is 35.9 Å². The smallest absolute Gasteiger partial charge is 0.0108 e. The number of rotatable bonds is 7. The molecule has 0 spiro atoms. The van der Waals surface area contributed by atoms with Gasteiger partial charge >= 0.3 is 0 Å². The number of hydrogen-bond acceptors (Lipinski definition) is 1. The predicted molar refractivity (Wildman–Crippen MR) is 75.2 cm³/mol. The van der Waals surface area contributed by atoms with Crippen molar-refractivity contribution in [1.29, 1.82) is 0 Å². The molecule has 0 aliphatic heterocycles. The zero-order chi connectivity index (χ0) is 10.9. The molecule has 0 aromatic heterocycles. The molecule has 1 unspecified atom stereocenters. The van der Waals surface area contributed by atoms with Crippen LogP contribution in [-0.2, 0) is 0 Å². The third-order valence-electron chi connectivity index (χ3n) is 2.42. The first-order valence-electron chi connectivity index (χ1n) is 5.57. The molecule has 1 atom stereocenters. The number of unbranched alkanes of at least 4 members (excludes halogenated alkanes) is 1. The maximum Gasteiger partial charge on any atom is 0.0108 e. The highest BCUT2D eigenvalue weighted by molar-refractivity contribution is 9.09. The van der Waals surface area contributed by atoms with Gasteiger partial charge in [0.05, 0.1) is 0 Å². The van der Waals surface area contributed by atoms with Crippen molar-refractivity contribution in [3.8, 4) is 0 Å². The van der Waals surface area contributed by atoms with E-state index in [1.807, 2.05) is 0 Å². The number of alkyl halides is 1. The second kappa shape index (κ2) is 8.23. The van der Waals surface area contributed by atoms with Gasteiger partial charge < -0.3 is 0 Å². The van der Waals surface area contributed by atoms with E-state index in [-0.39, 0.29) is 0 Å². The summed E-state index contributed by atoms with van der Waals surface area (Å²) >= 11 is 5.68. The summed E-state index contributed by atoms with van der Waals surface area (Å²) in [5.74, 6) is 3.19. The minimum atomic E-state index is 0.660. The minimum absolute atomic E-state index is 0.660. The zero-order valence-corrected chi connectivity index (χ0v) is 11.7. The topological polar surface area (TPSA) is 0 Å². The van der Waals surface area contributed by atoms with E-state index in [1.165, 1.54) is 29.9 Å². The van der Waals surface area contributed by atoms with Gasteiger partial charge in [-0.1, -0.05) is 59.6 Å². The van der Waals surface area contributed by atoms with Crippen LogP contribution >= 0.6 is 27.7 Å². The second-order valence-electron chi connectivity index (χ2n) is 3.69. The van der Waals surface area contributed by atoms with Crippen LogP contribution in [0.3, 0.4) is 0 Å². The average Bonchev–Trinajstić information content (AvgIpc) is 2.30. The predicted octanol–water partition coefficient (Wildman–Crippen LogP) is 4.70. The summed E-state index contributed by atoms with van der Waals surface area (Å²) in [6.45, 7) is 2.25. The standard InChI is InChI=1S/C13H19BrS/c1-2-3-9-15-11-13(10-14)12-7-5-4-6-8-12/h4-8,13H,2-3,9-11H2,1H3. The lowest BCUT2D eigenvalue weighted by atomic mass is 10.0. The average molecular weight is 287 g/mol. The van der Waals surface area contributed by atoms with Crippen molar-refractivity contribution in [2.24, 2.45) is 0 Å². The van der Waals surface area contributed by atoms with Gasteiger partial charge in [-0.25, -0.2) is 0 Å². The minimum Gasteiger partial charge on any atom is -0.161 e. The number of hydrogen-bond donors (Lipinski definition) is 0. The molecule has 0 bridgehead atoms. The Kier molecular flexibility index (Phi) is 7.20. The fourth-order valence-electron chi connectivity index (χ4n) is 1.43.